The maximum Gasteiger partial charge on any atom is 0.222 e. The van der Waals surface area contributed by atoms with Crippen molar-refractivity contribution in [3.8, 4) is 0 Å². The number of piperidine rings is 1. The molecule has 0 saturated carbocycles. The first-order valence-corrected chi connectivity index (χ1v) is 6.98. The molecular formula is C14H28N2O. The molecule has 1 aliphatic rings. The number of nitrogens with zero attached hydrogens (tertiary/aromatic N) is 1. The predicted octanol–water partition coefficient (Wildman–Crippen LogP) is 2.27. The Kier molecular flexibility index (Phi) is 5.44. The van der Waals surface area contributed by atoms with Gasteiger partial charge in [-0.25, -0.2) is 0 Å². The molecule has 0 radical (unpaired) electrons. The third-order valence-electron chi connectivity index (χ3n) is 3.74. The van der Waals surface area contributed by atoms with Crippen LogP contribution in [0.25, 0.3) is 0 Å². The molecule has 0 aromatic heterocycles. The van der Waals surface area contributed by atoms with Crippen molar-refractivity contribution >= 4 is 5.91 Å². The van der Waals surface area contributed by atoms with E-state index >= 15 is 0 Å². The van der Waals surface area contributed by atoms with Crippen molar-refractivity contribution in [2.45, 2.75) is 59.5 Å². The highest BCUT2D eigenvalue weighted by Gasteiger charge is 2.28. The summed E-state index contributed by atoms with van der Waals surface area (Å²) in [6, 6.07) is 0.911. The van der Waals surface area contributed by atoms with Gasteiger partial charge in [0.25, 0.3) is 0 Å². The average Bonchev–Trinajstić information content (AvgIpc) is 2.28. The molecule has 0 aromatic carbocycles. The van der Waals surface area contributed by atoms with E-state index in [0.717, 1.165) is 18.9 Å². The van der Waals surface area contributed by atoms with Gasteiger partial charge >= 0.3 is 0 Å². The molecule has 2 atom stereocenters. The number of hydrogen-bond acceptors (Lipinski definition) is 2. The number of carbonyl (C=O) groups is 1. The summed E-state index contributed by atoms with van der Waals surface area (Å²) >= 11 is 0. The number of amides is 1. The molecule has 1 aliphatic heterocycles. The van der Waals surface area contributed by atoms with E-state index in [1.54, 1.807) is 0 Å². The lowest BCUT2D eigenvalue weighted by Crippen LogP contribution is -2.53. The molecule has 0 spiro atoms. The van der Waals surface area contributed by atoms with E-state index in [1.165, 1.54) is 13.0 Å². The fourth-order valence-electron chi connectivity index (χ4n) is 2.43. The van der Waals surface area contributed by atoms with Crippen molar-refractivity contribution in [2.75, 3.05) is 13.1 Å². The summed E-state index contributed by atoms with van der Waals surface area (Å²) in [5.41, 5.74) is 0. The number of likely N-dealkylation sites (tertiary alicyclic amines) is 1. The second-order valence-electron chi connectivity index (χ2n) is 5.92. The molecule has 0 bridgehead atoms. The van der Waals surface area contributed by atoms with Crippen LogP contribution in [0.3, 0.4) is 0 Å². The lowest BCUT2D eigenvalue weighted by Gasteiger charge is -2.40. The lowest BCUT2D eigenvalue weighted by atomic mass is 9.91. The third kappa shape index (κ3) is 4.30. The molecule has 3 heteroatoms. The summed E-state index contributed by atoms with van der Waals surface area (Å²) in [5.74, 6) is 1.00. The van der Waals surface area contributed by atoms with Crippen LogP contribution in [0, 0.1) is 11.8 Å². The molecule has 1 rings (SSSR count). The van der Waals surface area contributed by atoms with Crippen LogP contribution < -0.4 is 5.32 Å². The van der Waals surface area contributed by atoms with Crippen molar-refractivity contribution in [2.24, 2.45) is 11.8 Å². The molecule has 1 fully saturated rings. The summed E-state index contributed by atoms with van der Waals surface area (Å²) in [5, 5.41) is 3.19. The molecule has 2 unspecified atom stereocenters. The first-order chi connectivity index (χ1) is 7.93. The van der Waals surface area contributed by atoms with Crippen molar-refractivity contribution in [1.82, 2.24) is 10.2 Å². The van der Waals surface area contributed by atoms with Gasteiger partial charge in [0.2, 0.25) is 5.91 Å². The van der Waals surface area contributed by atoms with Gasteiger partial charge in [0.15, 0.2) is 0 Å². The third-order valence-corrected chi connectivity index (χ3v) is 3.74. The van der Waals surface area contributed by atoms with E-state index in [-0.39, 0.29) is 11.8 Å². The van der Waals surface area contributed by atoms with Gasteiger partial charge < -0.3 is 5.32 Å². The Morgan fingerprint density at radius 2 is 1.94 bits per heavy atom. The second kappa shape index (κ2) is 6.39. The molecule has 0 aromatic rings. The van der Waals surface area contributed by atoms with E-state index in [0.29, 0.717) is 12.1 Å². The van der Waals surface area contributed by atoms with E-state index in [2.05, 4.69) is 31.0 Å². The van der Waals surface area contributed by atoms with Gasteiger partial charge in [0.05, 0.1) is 0 Å². The van der Waals surface area contributed by atoms with Gasteiger partial charge in [-0.3, -0.25) is 9.69 Å². The number of nitrogens with one attached hydrogen (secondary N) is 1. The largest absolute Gasteiger partial charge is 0.352 e. The van der Waals surface area contributed by atoms with Crippen LogP contribution in [-0.2, 0) is 4.79 Å². The topological polar surface area (TPSA) is 32.3 Å². The molecule has 17 heavy (non-hydrogen) atoms. The Morgan fingerprint density at radius 3 is 2.41 bits per heavy atom. The molecule has 1 amide bonds. The van der Waals surface area contributed by atoms with Gasteiger partial charge in [0, 0.05) is 31.1 Å². The van der Waals surface area contributed by atoms with Crippen molar-refractivity contribution in [3.05, 3.63) is 0 Å². The van der Waals surface area contributed by atoms with Gasteiger partial charge in [0.1, 0.15) is 0 Å². The summed E-state index contributed by atoms with van der Waals surface area (Å²) < 4.78 is 0. The minimum Gasteiger partial charge on any atom is -0.352 e. The molecule has 3 nitrogen and oxygen atoms in total. The van der Waals surface area contributed by atoms with E-state index in [1.807, 2.05) is 13.8 Å². The first-order valence-electron chi connectivity index (χ1n) is 6.98. The summed E-state index contributed by atoms with van der Waals surface area (Å²) in [6.45, 7) is 12.8. The van der Waals surface area contributed by atoms with Crippen LogP contribution in [0.2, 0.25) is 0 Å². The average molecular weight is 240 g/mol. The molecule has 100 valence electrons. The van der Waals surface area contributed by atoms with E-state index in [4.69, 9.17) is 0 Å². The Hall–Kier alpha value is -0.570. The van der Waals surface area contributed by atoms with Crippen LogP contribution in [0.5, 0.6) is 0 Å². The number of rotatable bonds is 4. The fourth-order valence-corrected chi connectivity index (χ4v) is 2.43. The molecule has 1 N–H and O–H groups in total. The Balaban J connectivity index is 2.56. The predicted molar refractivity (Wildman–Crippen MR) is 71.9 cm³/mol. The number of carbonyl (C=O) groups excluding carboxylic acids is 1. The monoisotopic (exact) mass is 240 g/mol. The summed E-state index contributed by atoms with van der Waals surface area (Å²) in [4.78, 5) is 14.2. The molecule has 1 heterocycles. The fraction of sp³-hybridized carbons (Fsp3) is 0.929. The highest BCUT2D eigenvalue weighted by molar-refractivity contribution is 5.78. The normalized spacial score (nSPS) is 26.5. The Bertz CT molecular complexity index is 251. The summed E-state index contributed by atoms with van der Waals surface area (Å²) in [6.07, 6.45) is 2.34. The summed E-state index contributed by atoms with van der Waals surface area (Å²) in [7, 11) is 0. The van der Waals surface area contributed by atoms with Gasteiger partial charge in [-0.1, -0.05) is 27.2 Å². The van der Waals surface area contributed by atoms with E-state index in [9.17, 15) is 4.79 Å². The van der Waals surface area contributed by atoms with Crippen molar-refractivity contribution in [1.29, 1.82) is 0 Å². The minimum absolute atomic E-state index is 0.0875. The zero-order valence-electron chi connectivity index (χ0n) is 12.0. The maximum absolute atomic E-state index is 11.8. The minimum atomic E-state index is 0.0875. The lowest BCUT2D eigenvalue weighted by molar-refractivity contribution is -0.125. The van der Waals surface area contributed by atoms with Gasteiger partial charge in [-0.05, 0) is 26.2 Å². The number of hydrogen-bond donors (Lipinski definition) is 1. The van der Waals surface area contributed by atoms with Gasteiger partial charge in [-0.2, -0.15) is 0 Å². The second-order valence-corrected chi connectivity index (χ2v) is 5.92. The SMILES string of the molecule is CCC1CC(NC(=O)C(C)C)CN(C(C)C)C1. The highest BCUT2D eigenvalue weighted by Crippen LogP contribution is 2.21. The Morgan fingerprint density at radius 1 is 1.29 bits per heavy atom. The van der Waals surface area contributed by atoms with E-state index < -0.39 is 0 Å². The van der Waals surface area contributed by atoms with Crippen LogP contribution in [0.4, 0.5) is 0 Å². The molecular weight excluding hydrogens is 212 g/mol. The highest BCUT2D eigenvalue weighted by atomic mass is 16.1. The Labute approximate surface area is 106 Å². The van der Waals surface area contributed by atoms with Crippen LogP contribution in [-0.4, -0.2) is 36.0 Å². The first kappa shape index (κ1) is 14.5. The molecule has 0 aliphatic carbocycles. The van der Waals surface area contributed by atoms with Crippen LogP contribution in [0.15, 0.2) is 0 Å². The van der Waals surface area contributed by atoms with Gasteiger partial charge in [-0.15, -0.1) is 0 Å². The van der Waals surface area contributed by atoms with Crippen LogP contribution >= 0.6 is 0 Å². The maximum atomic E-state index is 11.8. The van der Waals surface area contributed by atoms with Crippen LogP contribution in [0.1, 0.15) is 47.5 Å². The van der Waals surface area contributed by atoms with Crippen molar-refractivity contribution < 1.29 is 4.79 Å². The quantitative estimate of drug-likeness (QED) is 0.817. The molecule has 1 saturated heterocycles. The van der Waals surface area contributed by atoms with Crippen molar-refractivity contribution in [3.63, 3.8) is 0 Å². The zero-order valence-corrected chi connectivity index (χ0v) is 12.0. The zero-order chi connectivity index (χ0) is 13.0. The smallest absolute Gasteiger partial charge is 0.222 e. The standard InChI is InChI=1S/C14H28N2O/c1-6-12-7-13(15-14(17)10(2)3)9-16(8-12)11(4)5/h10-13H,6-9H2,1-5H3,(H,15,17).